The number of rotatable bonds is 2. The van der Waals surface area contributed by atoms with Crippen molar-refractivity contribution >= 4 is 12.0 Å². The van der Waals surface area contributed by atoms with Crippen molar-refractivity contribution < 1.29 is 14.4 Å². The Labute approximate surface area is 104 Å². The molecule has 0 saturated heterocycles. The van der Waals surface area contributed by atoms with E-state index in [-0.39, 0.29) is 11.6 Å². The van der Waals surface area contributed by atoms with Crippen LogP contribution in [0.5, 0.6) is 0 Å². The number of Topliss-reactive ketones (excluding diaryl/α,β-unsaturated/α-hetero) is 1. The van der Waals surface area contributed by atoms with E-state index in [0.29, 0.717) is 5.56 Å². The summed E-state index contributed by atoms with van der Waals surface area (Å²) in [5.74, 6) is -0.476. The summed E-state index contributed by atoms with van der Waals surface area (Å²) < 4.78 is 11.9. The molecule has 0 amide bonds. The fourth-order valence-corrected chi connectivity index (χ4v) is 1.14. The number of hydrogen-bond acceptors (Lipinski definition) is 3. The fourth-order valence-electron chi connectivity index (χ4n) is 1.14. The van der Waals surface area contributed by atoms with Gasteiger partial charge in [-0.25, -0.2) is 4.39 Å². The van der Waals surface area contributed by atoms with Crippen LogP contribution in [-0.4, -0.2) is 17.2 Å². The van der Waals surface area contributed by atoms with Crippen LogP contribution in [-0.2, 0) is 0 Å². The predicted octanol–water partition coefficient (Wildman–Crippen LogP) is 3.16. The quantitative estimate of drug-likeness (QED) is 0.382. The summed E-state index contributed by atoms with van der Waals surface area (Å²) >= 11 is 0. The molecule has 92 valence electrons. The second kappa shape index (κ2) is 7.73. The van der Waals surface area contributed by atoms with E-state index < -0.39 is 0 Å². The zero-order valence-electron chi connectivity index (χ0n) is 9.53. The van der Waals surface area contributed by atoms with Gasteiger partial charge >= 0.3 is 0 Å². The molecule has 0 atom stereocenters. The molecule has 0 aliphatic heterocycles. The van der Waals surface area contributed by atoms with Gasteiger partial charge < -0.3 is 5.21 Å². The van der Waals surface area contributed by atoms with Gasteiger partial charge in [0.2, 0.25) is 5.78 Å². The maximum absolute atomic E-state index is 11.9. The van der Waals surface area contributed by atoms with Crippen molar-refractivity contribution in [3.63, 3.8) is 0 Å². The highest BCUT2D eigenvalue weighted by Gasteiger charge is 1.98. The van der Waals surface area contributed by atoms with Crippen LogP contribution < -0.4 is 0 Å². The molecule has 0 unspecified atom stereocenters. The third kappa shape index (κ3) is 5.03. The Bertz CT molecular complexity index is 498. The van der Waals surface area contributed by atoms with Crippen LogP contribution in [0.15, 0.2) is 65.8 Å². The van der Waals surface area contributed by atoms with E-state index in [2.05, 4.69) is 5.16 Å². The third-order valence-electron chi connectivity index (χ3n) is 1.97. The van der Waals surface area contributed by atoms with Gasteiger partial charge in [-0.2, -0.15) is 0 Å². The maximum Gasteiger partial charge on any atom is 0.207 e. The molecule has 18 heavy (non-hydrogen) atoms. The normalized spacial score (nSPS) is 9.61. The zero-order valence-corrected chi connectivity index (χ0v) is 9.53. The van der Waals surface area contributed by atoms with Gasteiger partial charge in [0.05, 0.1) is 0 Å². The first-order chi connectivity index (χ1) is 8.74. The Balaban J connectivity index is 0.000000199. The van der Waals surface area contributed by atoms with Crippen LogP contribution in [0.3, 0.4) is 0 Å². The number of nitrogens with zero attached hydrogens (tertiary/aromatic N) is 1. The van der Waals surface area contributed by atoms with E-state index in [1.165, 1.54) is 12.1 Å². The van der Waals surface area contributed by atoms with Crippen molar-refractivity contribution in [3.8, 4) is 0 Å². The van der Waals surface area contributed by atoms with Gasteiger partial charge in [0, 0.05) is 5.56 Å². The first-order valence-corrected chi connectivity index (χ1v) is 5.21. The molecule has 0 saturated carbocycles. The fraction of sp³-hybridized carbons (Fsp3) is 0. The van der Waals surface area contributed by atoms with Crippen molar-refractivity contribution in [2.24, 2.45) is 5.16 Å². The predicted molar refractivity (Wildman–Crippen MR) is 67.5 cm³/mol. The summed E-state index contributed by atoms with van der Waals surface area (Å²) in [7, 11) is 0. The lowest BCUT2D eigenvalue weighted by Crippen LogP contribution is -1.98. The molecule has 0 fully saturated rings. The van der Waals surface area contributed by atoms with Crippen LogP contribution in [0.25, 0.3) is 0 Å². The van der Waals surface area contributed by atoms with Gasteiger partial charge in [-0.1, -0.05) is 53.7 Å². The second-order valence-electron chi connectivity index (χ2n) is 3.27. The Morgan fingerprint density at radius 2 is 1.50 bits per heavy atom. The smallest absolute Gasteiger partial charge is 0.207 e. The zero-order chi connectivity index (χ0) is 13.2. The standard InChI is InChI=1S/C8H7NO2.C6H5F/c10-8(6-9-11)7-4-2-1-3-5-7;7-6-4-2-1-3-5-6/h1-6,11H;1-5H. The molecule has 4 heteroatoms. The molecule has 2 aromatic carbocycles. The summed E-state index contributed by atoms with van der Waals surface area (Å²) in [6, 6.07) is 16.6. The van der Waals surface area contributed by atoms with Crippen molar-refractivity contribution in [1.82, 2.24) is 0 Å². The summed E-state index contributed by atoms with van der Waals surface area (Å²) in [5, 5.41) is 10.7. The molecule has 0 spiro atoms. The van der Waals surface area contributed by atoms with Crippen LogP contribution in [0.4, 0.5) is 4.39 Å². The lowest BCUT2D eigenvalue weighted by atomic mass is 10.1. The lowest BCUT2D eigenvalue weighted by molar-refractivity contribution is 0.106. The number of carbonyl (C=O) groups excluding carboxylic acids is 1. The van der Waals surface area contributed by atoms with E-state index in [9.17, 15) is 9.18 Å². The van der Waals surface area contributed by atoms with Crippen molar-refractivity contribution in [1.29, 1.82) is 0 Å². The van der Waals surface area contributed by atoms with Crippen LogP contribution in [0, 0.1) is 5.82 Å². The Kier molecular flexibility index (Phi) is 5.83. The first-order valence-electron chi connectivity index (χ1n) is 5.21. The van der Waals surface area contributed by atoms with Crippen molar-refractivity contribution in [2.45, 2.75) is 0 Å². The highest BCUT2D eigenvalue weighted by Crippen LogP contribution is 1.97. The molecule has 0 heterocycles. The second-order valence-corrected chi connectivity index (χ2v) is 3.27. The summed E-state index contributed by atoms with van der Waals surface area (Å²) in [5.41, 5.74) is 0.519. The minimum absolute atomic E-state index is 0.178. The highest BCUT2D eigenvalue weighted by atomic mass is 19.1. The molecule has 3 nitrogen and oxygen atoms in total. The molecule has 0 aromatic heterocycles. The van der Waals surface area contributed by atoms with E-state index in [1.54, 1.807) is 42.5 Å². The molecule has 1 N–H and O–H groups in total. The Morgan fingerprint density at radius 3 is 1.89 bits per heavy atom. The SMILES string of the molecule is Fc1ccccc1.O=C(C=NO)c1ccccc1. The van der Waals surface area contributed by atoms with E-state index in [1.807, 2.05) is 6.07 Å². The topological polar surface area (TPSA) is 49.7 Å². The third-order valence-corrected chi connectivity index (χ3v) is 1.97. The van der Waals surface area contributed by atoms with Crippen LogP contribution >= 0.6 is 0 Å². The van der Waals surface area contributed by atoms with Crippen LogP contribution in [0.1, 0.15) is 10.4 Å². The molecule has 0 radical (unpaired) electrons. The average molecular weight is 245 g/mol. The molecule has 0 aliphatic carbocycles. The van der Waals surface area contributed by atoms with Crippen molar-refractivity contribution in [3.05, 3.63) is 72.0 Å². The Morgan fingerprint density at radius 1 is 1.00 bits per heavy atom. The molecular weight excluding hydrogens is 233 g/mol. The minimum Gasteiger partial charge on any atom is -0.411 e. The van der Waals surface area contributed by atoms with Gasteiger partial charge in [-0.05, 0) is 12.1 Å². The molecule has 0 bridgehead atoms. The number of benzene rings is 2. The van der Waals surface area contributed by atoms with E-state index in [0.717, 1.165) is 6.21 Å². The number of halogens is 1. The Hall–Kier alpha value is -2.49. The number of hydrogen-bond donors (Lipinski definition) is 1. The summed E-state index contributed by atoms with van der Waals surface area (Å²) in [6.07, 6.45) is 0.870. The van der Waals surface area contributed by atoms with Gasteiger partial charge in [-0.3, -0.25) is 4.79 Å². The van der Waals surface area contributed by atoms with Crippen molar-refractivity contribution in [2.75, 3.05) is 0 Å². The lowest BCUT2D eigenvalue weighted by Gasteiger charge is -1.90. The molecule has 0 aliphatic rings. The van der Waals surface area contributed by atoms with Gasteiger partial charge in [0.1, 0.15) is 12.0 Å². The van der Waals surface area contributed by atoms with E-state index >= 15 is 0 Å². The first kappa shape index (κ1) is 13.6. The van der Waals surface area contributed by atoms with E-state index in [4.69, 9.17) is 5.21 Å². The molecule has 2 aromatic rings. The summed E-state index contributed by atoms with van der Waals surface area (Å²) in [4.78, 5) is 10.9. The molecular formula is C14H12FNO2. The minimum atomic E-state index is -0.298. The average Bonchev–Trinajstić information content (AvgIpc) is 2.42. The van der Waals surface area contributed by atoms with Crippen LogP contribution in [0.2, 0.25) is 0 Å². The van der Waals surface area contributed by atoms with Gasteiger partial charge in [-0.15, -0.1) is 0 Å². The number of ketones is 1. The highest BCUT2D eigenvalue weighted by molar-refractivity contribution is 6.35. The number of carbonyl (C=O) groups is 1. The monoisotopic (exact) mass is 245 g/mol. The maximum atomic E-state index is 11.9. The molecule has 2 rings (SSSR count). The number of oxime groups is 1. The van der Waals surface area contributed by atoms with Gasteiger partial charge in [0.25, 0.3) is 0 Å². The largest absolute Gasteiger partial charge is 0.411 e. The van der Waals surface area contributed by atoms with Gasteiger partial charge in [0.15, 0.2) is 0 Å². The summed E-state index contributed by atoms with van der Waals surface area (Å²) in [6.45, 7) is 0.